The van der Waals surface area contributed by atoms with Gasteiger partial charge in [0.15, 0.2) is 5.82 Å². The number of hydrogen-bond acceptors (Lipinski definition) is 4. The van der Waals surface area contributed by atoms with E-state index in [0.717, 1.165) is 44.5 Å². The van der Waals surface area contributed by atoms with Gasteiger partial charge < -0.3 is 10.2 Å². The summed E-state index contributed by atoms with van der Waals surface area (Å²) in [7, 11) is 0. The maximum absolute atomic E-state index is 12.9. The van der Waals surface area contributed by atoms with Crippen LogP contribution in [0.3, 0.4) is 0 Å². The predicted molar refractivity (Wildman–Crippen MR) is 103 cm³/mol. The third-order valence-corrected chi connectivity index (χ3v) is 3.81. The summed E-state index contributed by atoms with van der Waals surface area (Å²) < 4.78 is 0. The molecule has 1 heterocycles. The molecule has 1 amide bonds. The molecule has 0 unspecified atom stereocenters. The third-order valence-electron chi connectivity index (χ3n) is 3.81. The fourth-order valence-electron chi connectivity index (χ4n) is 2.63. The van der Waals surface area contributed by atoms with Gasteiger partial charge >= 0.3 is 0 Å². The molecule has 2 rings (SSSR count). The second-order valence-corrected chi connectivity index (χ2v) is 6.05. The van der Waals surface area contributed by atoms with Crippen LogP contribution in [0, 0.1) is 0 Å². The Morgan fingerprint density at radius 1 is 1.00 bits per heavy atom. The van der Waals surface area contributed by atoms with E-state index in [4.69, 9.17) is 0 Å². The van der Waals surface area contributed by atoms with Gasteiger partial charge in [-0.1, -0.05) is 51.1 Å². The minimum Gasteiger partial charge on any atom is -0.370 e. The molecular weight excluding hydrogens is 312 g/mol. The summed E-state index contributed by atoms with van der Waals surface area (Å²) in [6.07, 6.45) is 2.86. The van der Waals surface area contributed by atoms with Crippen LogP contribution < -0.4 is 5.32 Å². The normalized spacial score (nSPS) is 10.5. The standard InChI is InChI=1S/C20H28N4O/c1-4-12-21-18-15-17(20(25)24(13-5-2)14-6-3)22-19(23-18)16-10-8-7-9-11-16/h7-11,15H,4-6,12-14H2,1-3H3,(H,21,22,23). The van der Waals surface area contributed by atoms with Crippen molar-refractivity contribution in [1.82, 2.24) is 14.9 Å². The molecule has 0 saturated carbocycles. The van der Waals surface area contributed by atoms with Crippen LogP contribution in [-0.2, 0) is 0 Å². The first-order valence-electron chi connectivity index (χ1n) is 9.17. The zero-order chi connectivity index (χ0) is 18.1. The zero-order valence-electron chi connectivity index (χ0n) is 15.5. The number of aromatic nitrogens is 2. The van der Waals surface area contributed by atoms with Crippen molar-refractivity contribution >= 4 is 11.7 Å². The first kappa shape index (κ1) is 18.9. The molecule has 0 aliphatic heterocycles. The molecular formula is C20H28N4O. The number of carbonyl (C=O) groups is 1. The molecule has 0 aliphatic rings. The highest BCUT2D eigenvalue weighted by molar-refractivity contribution is 5.93. The van der Waals surface area contributed by atoms with Gasteiger partial charge in [-0.05, 0) is 19.3 Å². The number of benzene rings is 1. The average Bonchev–Trinajstić information content (AvgIpc) is 2.66. The molecule has 25 heavy (non-hydrogen) atoms. The first-order chi connectivity index (χ1) is 12.2. The number of nitrogens with zero attached hydrogens (tertiary/aromatic N) is 3. The van der Waals surface area contributed by atoms with Crippen molar-refractivity contribution < 1.29 is 4.79 Å². The lowest BCUT2D eigenvalue weighted by Gasteiger charge is -2.21. The summed E-state index contributed by atoms with van der Waals surface area (Å²) >= 11 is 0. The molecule has 5 nitrogen and oxygen atoms in total. The summed E-state index contributed by atoms with van der Waals surface area (Å²) in [5, 5.41) is 3.28. The van der Waals surface area contributed by atoms with Crippen molar-refractivity contribution in [3.05, 3.63) is 42.1 Å². The van der Waals surface area contributed by atoms with Crippen molar-refractivity contribution in [2.75, 3.05) is 25.0 Å². The molecule has 1 aromatic heterocycles. The van der Waals surface area contributed by atoms with Crippen LogP contribution in [0.25, 0.3) is 11.4 Å². The molecule has 2 aromatic rings. The van der Waals surface area contributed by atoms with Gasteiger partial charge in [0.25, 0.3) is 5.91 Å². The number of hydrogen-bond donors (Lipinski definition) is 1. The van der Waals surface area contributed by atoms with Crippen molar-refractivity contribution in [2.45, 2.75) is 40.0 Å². The van der Waals surface area contributed by atoms with E-state index in [-0.39, 0.29) is 5.91 Å². The van der Waals surface area contributed by atoms with Crippen LogP contribution in [0.15, 0.2) is 36.4 Å². The van der Waals surface area contributed by atoms with Crippen LogP contribution in [0.1, 0.15) is 50.5 Å². The fraction of sp³-hybridized carbons (Fsp3) is 0.450. The minimum atomic E-state index is -0.0252. The molecule has 0 fully saturated rings. The van der Waals surface area contributed by atoms with E-state index >= 15 is 0 Å². The highest BCUT2D eigenvalue weighted by Crippen LogP contribution is 2.19. The number of rotatable bonds is 9. The van der Waals surface area contributed by atoms with E-state index < -0.39 is 0 Å². The monoisotopic (exact) mass is 340 g/mol. The van der Waals surface area contributed by atoms with E-state index in [2.05, 4.69) is 36.1 Å². The molecule has 5 heteroatoms. The van der Waals surface area contributed by atoms with Gasteiger partial charge in [0.05, 0.1) is 0 Å². The molecule has 0 atom stereocenters. The number of carbonyl (C=O) groups excluding carboxylic acids is 1. The molecule has 134 valence electrons. The van der Waals surface area contributed by atoms with Gasteiger partial charge in [0.1, 0.15) is 11.5 Å². The van der Waals surface area contributed by atoms with Gasteiger partial charge in [-0.3, -0.25) is 4.79 Å². The second kappa shape index (κ2) is 9.77. The van der Waals surface area contributed by atoms with Crippen LogP contribution in [-0.4, -0.2) is 40.4 Å². The molecule has 0 bridgehead atoms. The lowest BCUT2D eigenvalue weighted by molar-refractivity contribution is 0.0749. The molecule has 1 aromatic carbocycles. The van der Waals surface area contributed by atoms with Gasteiger partial charge in [-0.15, -0.1) is 0 Å². The van der Waals surface area contributed by atoms with E-state index in [1.807, 2.05) is 35.2 Å². The van der Waals surface area contributed by atoms with Crippen molar-refractivity contribution in [1.29, 1.82) is 0 Å². The lowest BCUT2D eigenvalue weighted by Crippen LogP contribution is -2.33. The van der Waals surface area contributed by atoms with Crippen LogP contribution in [0.5, 0.6) is 0 Å². The Labute approximate surface area is 150 Å². The van der Waals surface area contributed by atoms with Crippen LogP contribution in [0.4, 0.5) is 5.82 Å². The quantitative estimate of drug-likeness (QED) is 0.742. The molecule has 0 radical (unpaired) electrons. The van der Waals surface area contributed by atoms with Crippen LogP contribution >= 0.6 is 0 Å². The number of amides is 1. The Morgan fingerprint density at radius 3 is 2.28 bits per heavy atom. The van der Waals surface area contributed by atoms with Gasteiger partial charge in [-0.2, -0.15) is 0 Å². The fourth-order valence-corrected chi connectivity index (χ4v) is 2.63. The molecule has 0 saturated heterocycles. The Kier molecular flexibility index (Phi) is 7.38. The molecule has 1 N–H and O–H groups in total. The van der Waals surface area contributed by atoms with Gasteiger partial charge in [0.2, 0.25) is 0 Å². The Hall–Kier alpha value is -2.43. The van der Waals surface area contributed by atoms with Crippen LogP contribution in [0.2, 0.25) is 0 Å². The minimum absolute atomic E-state index is 0.0252. The summed E-state index contributed by atoms with van der Waals surface area (Å²) in [6, 6.07) is 11.5. The second-order valence-electron chi connectivity index (χ2n) is 6.05. The summed E-state index contributed by atoms with van der Waals surface area (Å²) in [4.78, 5) is 24.0. The predicted octanol–water partition coefficient (Wildman–Crippen LogP) is 4.23. The summed E-state index contributed by atoms with van der Waals surface area (Å²) in [6.45, 7) is 8.57. The van der Waals surface area contributed by atoms with Crippen molar-refractivity contribution in [3.8, 4) is 11.4 Å². The Morgan fingerprint density at radius 2 is 1.68 bits per heavy atom. The van der Waals surface area contributed by atoms with Gasteiger partial charge in [0, 0.05) is 31.3 Å². The molecule has 0 spiro atoms. The summed E-state index contributed by atoms with van der Waals surface area (Å²) in [5.74, 6) is 1.26. The van der Waals surface area contributed by atoms with Crippen molar-refractivity contribution in [3.63, 3.8) is 0 Å². The van der Waals surface area contributed by atoms with E-state index in [1.54, 1.807) is 6.07 Å². The van der Waals surface area contributed by atoms with Gasteiger partial charge in [-0.25, -0.2) is 9.97 Å². The van der Waals surface area contributed by atoms with E-state index in [1.165, 1.54) is 0 Å². The Balaban J connectivity index is 2.39. The third kappa shape index (κ3) is 5.28. The average molecular weight is 340 g/mol. The van der Waals surface area contributed by atoms with E-state index in [9.17, 15) is 4.79 Å². The first-order valence-corrected chi connectivity index (χ1v) is 9.17. The lowest BCUT2D eigenvalue weighted by atomic mass is 10.2. The number of anilines is 1. The topological polar surface area (TPSA) is 58.1 Å². The van der Waals surface area contributed by atoms with E-state index in [0.29, 0.717) is 17.3 Å². The summed E-state index contributed by atoms with van der Waals surface area (Å²) in [5.41, 5.74) is 1.36. The largest absolute Gasteiger partial charge is 0.370 e. The zero-order valence-corrected chi connectivity index (χ0v) is 15.5. The SMILES string of the molecule is CCCNc1cc(C(=O)N(CCC)CCC)nc(-c2ccccc2)n1. The highest BCUT2D eigenvalue weighted by atomic mass is 16.2. The number of nitrogens with one attached hydrogen (secondary N) is 1. The maximum Gasteiger partial charge on any atom is 0.272 e. The highest BCUT2D eigenvalue weighted by Gasteiger charge is 2.18. The molecule has 0 aliphatic carbocycles. The smallest absolute Gasteiger partial charge is 0.272 e. The maximum atomic E-state index is 12.9. The van der Waals surface area contributed by atoms with Crippen molar-refractivity contribution in [2.24, 2.45) is 0 Å². The Bertz CT molecular complexity index is 667.